The first-order chi connectivity index (χ1) is 7.74. The Hall–Kier alpha value is -1.44. The molecular weight excluding hydrogens is 246 g/mol. The van der Waals surface area contributed by atoms with Gasteiger partial charge in [0.1, 0.15) is 5.69 Å². The first kappa shape index (κ1) is 13.6. The number of nitrogens with zero attached hydrogens (tertiary/aromatic N) is 2. The molecule has 0 saturated carbocycles. The maximum absolute atomic E-state index is 11.6. The van der Waals surface area contributed by atoms with Crippen LogP contribution >= 0.6 is 0 Å². The Morgan fingerprint density at radius 2 is 2.06 bits per heavy atom. The van der Waals surface area contributed by atoms with Crippen LogP contribution in [0, 0.1) is 17.0 Å². The van der Waals surface area contributed by atoms with Crippen LogP contribution in [0.1, 0.15) is 25.4 Å². The maximum Gasteiger partial charge on any atom is 0.343 e. The fourth-order valence-electron chi connectivity index (χ4n) is 1.33. The fourth-order valence-corrected chi connectivity index (χ4v) is 2.28. The van der Waals surface area contributed by atoms with Crippen molar-refractivity contribution in [2.75, 3.05) is 5.75 Å². The summed E-state index contributed by atoms with van der Waals surface area (Å²) in [5.74, 6) is 0.0607. The molecule has 0 radical (unpaired) electrons. The SMILES string of the molecule is Cc1nc(CCS(=O)(=O)C(C)C)c([N+](=O)[O-])[nH]1. The van der Waals surface area contributed by atoms with E-state index in [-0.39, 0.29) is 23.7 Å². The van der Waals surface area contributed by atoms with Gasteiger partial charge >= 0.3 is 5.82 Å². The van der Waals surface area contributed by atoms with Crippen molar-refractivity contribution in [3.8, 4) is 0 Å². The van der Waals surface area contributed by atoms with Crippen LogP contribution in [-0.2, 0) is 16.3 Å². The highest BCUT2D eigenvalue weighted by molar-refractivity contribution is 7.91. The number of hydrogen-bond acceptors (Lipinski definition) is 5. The topological polar surface area (TPSA) is 106 Å². The molecule has 0 saturated heterocycles. The van der Waals surface area contributed by atoms with Gasteiger partial charge in [-0.15, -0.1) is 0 Å². The average Bonchev–Trinajstić information content (AvgIpc) is 2.56. The first-order valence-electron chi connectivity index (χ1n) is 5.15. The van der Waals surface area contributed by atoms with Gasteiger partial charge in [0.15, 0.2) is 15.7 Å². The Bertz CT molecular complexity index is 518. The van der Waals surface area contributed by atoms with Gasteiger partial charge in [0.05, 0.1) is 11.0 Å². The minimum atomic E-state index is -3.21. The molecule has 0 unspecified atom stereocenters. The number of aromatic nitrogens is 2. The van der Waals surface area contributed by atoms with Gasteiger partial charge in [-0.1, -0.05) is 0 Å². The van der Waals surface area contributed by atoms with Gasteiger partial charge in [-0.25, -0.2) is 18.4 Å². The molecule has 0 fully saturated rings. The van der Waals surface area contributed by atoms with E-state index in [1.165, 1.54) is 0 Å². The molecule has 0 aliphatic carbocycles. The van der Waals surface area contributed by atoms with E-state index in [0.29, 0.717) is 5.82 Å². The van der Waals surface area contributed by atoms with Gasteiger partial charge in [0, 0.05) is 13.3 Å². The van der Waals surface area contributed by atoms with Gasteiger partial charge in [-0.05, 0) is 18.8 Å². The first-order valence-corrected chi connectivity index (χ1v) is 6.87. The minimum Gasteiger partial charge on any atom is -0.358 e. The lowest BCUT2D eigenvalue weighted by molar-refractivity contribution is -0.390. The summed E-state index contributed by atoms with van der Waals surface area (Å²) < 4.78 is 23.2. The number of sulfone groups is 1. The van der Waals surface area contributed by atoms with Crippen molar-refractivity contribution < 1.29 is 13.3 Å². The number of H-pyrrole nitrogens is 1. The lowest BCUT2D eigenvalue weighted by atomic mass is 10.3. The summed E-state index contributed by atoms with van der Waals surface area (Å²) in [7, 11) is -3.21. The summed E-state index contributed by atoms with van der Waals surface area (Å²) in [4.78, 5) is 16.5. The Kier molecular flexibility index (Phi) is 3.87. The predicted octanol–water partition coefficient (Wildman–Crippen LogP) is 0.992. The highest BCUT2D eigenvalue weighted by atomic mass is 32.2. The van der Waals surface area contributed by atoms with Crippen molar-refractivity contribution in [3.63, 3.8) is 0 Å². The van der Waals surface area contributed by atoms with Crippen molar-refractivity contribution in [3.05, 3.63) is 21.6 Å². The molecule has 1 aromatic heterocycles. The standard InChI is InChI=1S/C9H15N3O4S/c1-6(2)17(15,16)5-4-8-9(12(13)14)11-7(3)10-8/h6H,4-5H2,1-3H3,(H,10,11). The monoisotopic (exact) mass is 261 g/mol. The van der Waals surface area contributed by atoms with Crippen LogP contribution < -0.4 is 0 Å². The molecule has 1 N–H and O–H groups in total. The molecule has 96 valence electrons. The van der Waals surface area contributed by atoms with E-state index in [0.717, 1.165) is 0 Å². The molecule has 8 heteroatoms. The molecule has 17 heavy (non-hydrogen) atoms. The number of rotatable bonds is 5. The van der Waals surface area contributed by atoms with Gasteiger partial charge in [-0.2, -0.15) is 0 Å². The third-order valence-electron chi connectivity index (χ3n) is 2.40. The van der Waals surface area contributed by atoms with Crippen LogP contribution in [0.4, 0.5) is 5.82 Å². The summed E-state index contributed by atoms with van der Waals surface area (Å²) in [6.07, 6.45) is 0.0567. The van der Waals surface area contributed by atoms with Gasteiger partial charge in [0.2, 0.25) is 0 Å². The summed E-state index contributed by atoms with van der Waals surface area (Å²) >= 11 is 0. The average molecular weight is 261 g/mol. The molecule has 0 aliphatic rings. The van der Waals surface area contributed by atoms with E-state index >= 15 is 0 Å². The molecule has 1 aromatic rings. The largest absolute Gasteiger partial charge is 0.358 e. The summed E-state index contributed by atoms with van der Waals surface area (Å²) in [5, 5.41) is 10.2. The van der Waals surface area contributed by atoms with E-state index in [1.807, 2.05) is 0 Å². The third-order valence-corrected chi connectivity index (χ3v) is 4.61. The van der Waals surface area contributed by atoms with Gasteiger partial charge < -0.3 is 10.1 Å². The van der Waals surface area contributed by atoms with Crippen molar-refractivity contribution >= 4 is 15.7 Å². The molecule has 0 spiro atoms. The smallest absolute Gasteiger partial charge is 0.343 e. The molecule has 0 amide bonds. The molecule has 7 nitrogen and oxygen atoms in total. The van der Waals surface area contributed by atoms with E-state index < -0.39 is 20.0 Å². The second-order valence-electron chi connectivity index (χ2n) is 4.04. The lowest BCUT2D eigenvalue weighted by Crippen LogP contribution is -2.19. The number of imidazole rings is 1. The van der Waals surface area contributed by atoms with Crippen molar-refractivity contribution in [1.29, 1.82) is 0 Å². The van der Waals surface area contributed by atoms with Crippen LogP contribution in [-0.4, -0.2) is 34.3 Å². The number of nitro groups is 1. The number of aryl methyl sites for hydroxylation is 2. The van der Waals surface area contributed by atoms with Crippen LogP contribution in [0.3, 0.4) is 0 Å². The second-order valence-corrected chi connectivity index (χ2v) is 6.72. The van der Waals surface area contributed by atoms with Crippen molar-refractivity contribution in [2.45, 2.75) is 32.4 Å². The Morgan fingerprint density at radius 3 is 2.53 bits per heavy atom. The lowest BCUT2D eigenvalue weighted by Gasteiger charge is -2.05. The summed E-state index contributed by atoms with van der Waals surface area (Å²) in [6.45, 7) is 4.76. The normalized spacial score (nSPS) is 12.0. The van der Waals surface area contributed by atoms with Crippen molar-refractivity contribution in [2.24, 2.45) is 0 Å². The van der Waals surface area contributed by atoms with E-state index in [9.17, 15) is 18.5 Å². The van der Waals surface area contributed by atoms with Gasteiger partial charge in [-0.3, -0.25) is 0 Å². The van der Waals surface area contributed by atoms with Crippen molar-refractivity contribution in [1.82, 2.24) is 9.97 Å². The number of hydrogen-bond donors (Lipinski definition) is 1. The zero-order chi connectivity index (χ0) is 13.2. The van der Waals surface area contributed by atoms with Crippen LogP contribution in [0.15, 0.2) is 0 Å². The quantitative estimate of drug-likeness (QED) is 0.628. The minimum absolute atomic E-state index is 0.0567. The third kappa shape index (κ3) is 3.26. The summed E-state index contributed by atoms with van der Waals surface area (Å²) in [6, 6.07) is 0. The highest BCUT2D eigenvalue weighted by Crippen LogP contribution is 2.16. The molecular formula is C9H15N3O4S. The Balaban J connectivity index is 2.87. The number of aromatic amines is 1. The van der Waals surface area contributed by atoms with E-state index in [4.69, 9.17) is 0 Å². The molecule has 1 rings (SSSR count). The zero-order valence-corrected chi connectivity index (χ0v) is 10.7. The zero-order valence-electron chi connectivity index (χ0n) is 9.93. The van der Waals surface area contributed by atoms with E-state index in [1.54, 1.807) is 20.8 Å². The van der Waals surface area contributed by atoms with Crippen LogP contribution in [0.25, 0.3) is 0 Å². The molecule has 0 aliphatic heterocycles. The van der Waals surface area contributed by atoms with Crippen LogP contribution in [0.2, 0.25) is 0 Å². The maximum atomic E-state index is 11.6. The second kappa shape index (κ2) is 4.82. The Labute approximate surface area is 99.3 Å². The molecule has 0 bridgehead atoms. The van der Waals surface area contributed by atoms with Crippen LogP contribution in [0.5, 0.6) is 0 Å². The van der Waals surface area contributed by atoms with Gasteiger partial charge in [0.25, 0.3) is 0 Å². The highest BCUT2D eigenvalue weighted by Gasteiger charge is 2.22. The Morgan fingerprint density at radius 1 is 1.47 bits per heavy atom. The molecule has 0 aromatic carbocycles. The number of nitrogens with one attached hydrogen (secondary N) is 1. The molecule has 1 heterocycles. The fraction of sp³-hybridized carbons (Fsp3) is 0.667. The summed E-state index contributed by atoms with van der Waals surface area (Å²) in [5.41, 5.74) is 0.191. The van der Waals surface area contributed by atoms with E-state index in [2.05, 4.69) is 9.97 Å². The predicted molar refractivity (Wildman–Crippen MR) is 62.6 cm³/mol. The molecule has 0 atom stereocenters.